The van der Waals surface area contributed by atoms with Crippen molar-refractivity contribution in [1.82, 2.24) is 0 Å². The first kappa shape index (κ1) is 19.4. The normalized spacial score (nSPS) is 13.6. The standard InChI is InChI=1S/C19H19ClN2O4S/c1-10-14(19(25)26-2)18(22-16(23)11-4-3-5-11)27-15(10)17(24)21-13-8-6-12(20)7-9-13/h6-9,11H,3-5H2,1-2H3,(H,21,24)(H,22,23). The highest BCUT2D eigenvalue weighted by atomic mass is 35.5. The molecular weight excluding hydrogens is 388 g/mol. The largest absolute Gasteiger partial charge is 0.465 e. The second-order valence-corrected chi connectivity index (χ2v) is 7.79. The lowest BCUT2D eigenvalue weighted by molar-refractivity contribution is -0.122. The van der Waals surface area contributed by atoms with Crippen LogP contribution in [0.4, 0.5) is 10.7 Å². The van der Waals surface area contributed by atoms with Gasteiger partial charge in [-0.05, 0) is 49.6 Å². The number of methoxy groups -OCH3 is 1. The van der Waals surface area contributed by atoms with E-state index in [1.54, 1.807) is 31.2 Å². The monoisotopic (exact) mass is 406 g/mol. The Balaban J connectivity index is 1.87. The summed E-state index contributed by atoms with van der Waals surface area (Å²) >= 11 is 6.92. The molecule has 1 aromatic heterocycles. The van der Waals surface area contributed by atoms with Gasteiger partial charge in [0, 0.05) is 16.6 Å². The Morgan fingerprint density at radius 2 is 1.81 bits per heavy atom. The summed E-state index contributed by atoms with van der Waals surface area (Å²) in [6.07, 6.45) is 2.71. The fourth-order valence-electron chi connectivity index (χ4n) is 2.77. The smallest absolute Gasteiger partial charge is 0.341 e. The van der Waals surface area contributed by atoms with Gasteiger partial charge >= 0.3 is 5.97 Å². The molecule has 8 heteroatoms. The van der Waals surface area contributed by atoms with Gasteiger partial charge in [-0.25, -0.2) is 4.79 Å². The molecule has 0 spiro atoms. The Morgan fingerprint density at radius 3 is 2.37 bits per heavy atom. The number of nitrogens with one attached hydrogen (secondary N) is 2. The van der Waals surface area contributed by atoms with E-state index in [1.165, 1.54) is 7.11 Å². The number of rotatable bonds is 5. The third kappa shape index (κ3) is 4.14. The van der Waals surface area contributed by atoms with E-state index in [-0.39, 0.29) is 23.3 Å². The Labute approximate surface area is 165 Å². The third-order valence-corrected chi connectivity index (χ3v) is 6.02. The molecule has 1 heterocycles. The van der Waals surface area contributed by atoms with E-state index < -0.39 is 5.97 Å². The molecule has 0 atom stereocenters. The van der Waals surface area contributed by atoms with Gasteiger partial charge in [0.05, 0.1) is 17.6 Å². The zero-order valence-electron chi connectivity index (χ0n) is 14.9. The lowest BCUT2D eigenvalue weighted by atomic mass is 9.85. The van der Waals surface area contributed by atoms with Crippen LogP contribution in [0.3, 0.4) is 0 Å². The number of halogens is 1. The molecule has 0 radical (unpaired) electrons. The fraction of sp³-hybridized carbons (Fsp3) is 0.316. The molecule has 0 bridgehead atoms. The first-order valence-electron chi connectivity index (χ1n) is 8.50. The fourth-order valence-corrected chi connectivity index (χ4v) is 3.99. The minimum atomic E-state index is -0.585. The van der Waals surface area contributed by atoms with Gasteiger partial charge in [0.1, 0.15) is 5.00 Å². The SMILES string of the molecule is COC(=O)c1c(NC(=O)C2CCC2)sc(C(=O)Nc2ccc(Cl)cc2)c1C. The molecule has 142 valence electrons. The van der Waals surface area contributed by atoms with Crippen LogP contribution in [0.25, 0.3) is 0 Å². The second-order valence-electron chi connectivity index (χ2n) is 6.33. The zero-order valence-corrected chi connectivity index (χ0v) is 16.5. The van der Waals surface area contributed by atoms with Crippen molar-refractivity contribution in [3.63, 3.8) is 0 Å². The van der Waals surface area contributed by atoms with Crippen LogP contribution in [0.15, 0.2) is 24.3 Å². The van der Waals surface area contributed by atoms with Gasteiger partial charge in [-0.1, -0.05) is 18.0 Å². The number of anilines is 2. The molecule has 1 aliphatic carbocycles. The summed E-state index contributed by atoms with van der Waals surface area (Å²) in [4.78, 5) is 37.5. The highest BCUT2D eigenvalue weighted by Crippen LogP contribution is 2.36. The van der Waals surface area contributed by atoms with E-state index >= 15 is 0 Å². The van der Waals surface area contributed by atoms with Crippen molar-refractivity contribution in [2.24, 2.45) is 5.92 Å². The van der Waals surface area contributed by atoms with Crippen LogP contribution in [-0.4, -0.2) is 24.9 Å². The Hall–Kier alpha value is -2.38. The summed E-state index contributed by atoms with van der Waals surface area (Å²) in [5.41, 5.74) is 1.27. The predicted molar refractivity (Wildman–Crippen MR) is 106 cm³/mol. The first-order valence-corrected chi connectivity index (χ1v) is 9.69. The molecule has 1 fully saturated rings. The van der Waals surface area contributed by atoms with E-state index in [2.05, 4.69) is 10.6 Å². The van der Waals surface area contributed by atoms with E-state index in [0.29, 0.717) is 26.2 Å². The first-order chi connectivity index (χ1) is 12.9. The maximum absolute atomic E-state index is 12.7. The van der Waals surface area contributed by atoms with Crippen molar-refractivity contribution < 1.29 is 19.1 Å². The van der Waals surface area contributed by atoms with Gasteiger partial charge in [-0.3, -0.25) is 9.59 Å². The number of ether oxygens (including phenoxy) is 1. The summed E-state index contributed by atoms with van der Waals surface area (Å²) in [6, 6.07) is 6.71. The van der Waals surface area contributed by atoms with Crippen molar-refractivity contribution in [3.05, 3.63) is 45.3 Å². The summed E-state index contributed by atoms with van der Waals surface area (Å²) in [7, 11) is 1.27. The number of carbonyl (C=O) groups is 3. The summed E-state index contributed by atoms with van der Waals surface area (Å²) in [5.74, 6) is -1.12. The predicted octanol–water partition coefficient (Wildman–Crippen LogP) is 4.49. The van der Waals surface area contributed by atoms with Gasteiger partial charge in [0.25, 0.3) is 5.91 Å². The quantitative estimate of drug-likeness (QED) is 0.716. The molecule has 1 saturated carbocycles. The summed E-state index contributed by atoms with van der Waals surface area (Å²) in [6.45, 7) is 1.67. The van der Waals surface area contributed by atoms with Crippen LogP contribution in [0.1, 0.15) is 44.9 Å². The molecule has 2 N–H and O–H groups in total. The van der Waals surface area contributed by atoms with Gasteiger partial charge in [-0.2, -0.15) is 0 Å². The summed E-state index contributed by atoms with van der Waals surface area (Å²) in [5, 5.41) is 6.48. The number of carbonyl (C=O) groups excluding carboxylic acids is 3. The maximum atomic E-state index is 12.7. The van der Waals surface area contributed by atoms with Gasteiger partial charge in [0.15, 0.2) is 0 Å². The van der Waals surface area contributed by atoms with Crippen LogP contribution >= 0.6 is 22.9 Å². The maximum Gasteiger partial charge on any atom is 0.341 e. The average Bonchev–Trinajstić information content (AvgIpc) is 2.91. The van der Waals surface area contributed by atoms with Crippen molar-refractivity contribution in [1.29, 1.82) is 0 Å². The molecule has 6 nitrogen and oxygen atoms in total. The molecule has 2 amide bonds. The van der Waals surface area contributed by atoms with Crippen molar-refractivity contribution in [2.45, 2.75) is 26.2 Å². The van der Waals surface area contributed by atoms with Crippen molar-refractivity contribution >= 4 is 51.4 Å². The van der Waals surface area contributed by atoms with Crippen LogP contribution in [-0.2, 0) is 9.53 Å². The van der Waals surface area contributed by atoms with Crippen LogP contribution in [0, 0.1) is 12.8 Å². The number of hydrogen-bond acceptors (Lipinski definition) is 5. The number of thiophene rings is 1. The molecule has 1 aliphatic rings. The van der Waals surface area contributed by atoms with E-state index in [0.717, 1.165) is 30.6 Å². The molecule has 3 rings (SSSR count). The minimum absolute atomic E-state index is 0.0377. The summed E-state index contributed by atoms with van der Waals surface area (Å²) < 4.78 is 4.83. The van der Waals surface area contributed by atoms with Gasteiger partial charge < -0.3 is 15.4 Å². The highest BCUT2D eigenvalue weighted by Gasteiger charge is 2.30. The number of hydrogen-bond donors (Lipinski definition) is 2. The third-order valence-electron chi connectivity index (χ3n) is 4.56. The minimum Gasteiger partial charge on any atom is -0.465 e. The number of amides is 2. The van der Waals surface area contributed by atoms with E-state index in [9.17, 15) is 14.4 Å². The van der Waals surface area contributed by atoms with Crippen LogP contribution in [0.2, 0.25) is 5.02 Å². The Kier molecular flexibility index (Phi) is 5.82. The molecule has 0 saturated heterocycles. The Morgan fingerprint density at radius 1 is 1.15 bits per heavy atom. The Bertz CT molecular complexity index is 888. The van der Waals surface area contributed by atoms with Gasteiger partial charge in [-0.15, -0.1) is 11.3 Å². The molecule has 0 aliphatic heterocycles. The second kappa shape index (κ2) is 8.10. The number of esters is 1. The van der Waals surface area contributed by atoms with Crippen LogP contribution in [0.5, 0.6) is 0 Å². The van der Waals surface area contributed by atoms with Crippen LogP contribution < -0.4 is 10.6 Å². The van der Waals surface area contributed by atoms with Crippen molar-refractivity contribution in [2.75, 3.05) is 17.7 Å². The van der Waals surface area contributed by atoms with Crippen molar-refractivity contribution in [3.8, 4) is 0 Å². The molecular formula is C19H19ClN2O4S. The lowest BCUT2D eigenvalue weighted by Gasteiger charge is -2.23. The molecule has 0 unspecified atom stereocenters. The zero-order chi connectivity index (χ0) is 19.6. The van der Waals surface area contributed by atoms with E-state index in [1.807, 2.05) is 0 Å². The average molecular weight is 407 g/mol. The van der Waals surface area contributed by atoms with E-state index in [4.69, 9.17) is 16.3 Å². The topological polar surface area (TPSA) is 84.5 Å². The molecule has 27 heavy (non-hydrogen) atoms. The lowest BCUT2D eigenvalue weighted by Crippen LogP contribution is -2.28. The molecule has 2 aromatic rings. The molecule has 1 aromatic carbocycles. The highest BCUT2D eigenvalue weighted by molar-refractivity contribution is 7.19. The number of benzene rings is 1. The van der Waals surface area contributed by atoms with Gasteiger partial charge in [0.2, 0.25) is 5.91 Å².